The van der Waals surface area contributed by atoms with E-state index in [-0.39, 0.29) is 6.04 Å². The van der Waals surface area contributed by atoms with Gasteiger partial charge in [0.05, 0.1) is 0 Å². The summed E-state index contributed by atoms with van der Waals surface area (Å²) in [4.78, 5) is 2.35. The van der Waals surface area contributed by atoms with Crippen LogP contribution in [0.2, 0.25) is 0 Å². The van der Waals surface area contributed by atoms with Crippen LogP contribution in [-0.4, -0.2) is 45.9 Å². The van der Waals surface area contributed by atoms with Crippen molar-refractivity contribution >= 4 is 0 Å². The van der Waals surface area contributed by atoms with Gasteiger partial charge >= 0.3 is 0 Å². The average Bonchev–Trinajstić information content (AvgIpc) is 2.92. The van der Waals surface area contributed by atoms with Crippen LogP contribution in [0.5, 0.6) is 0 Å². The first-order valence-corrected chi connectivity index (χ1v) is 9.21. The Kier molecular flexibility index (Phi) is 6.09. The highest BCUT2D eigenvalue weighted by molar-refractivity contribution is 5.23. The number of hydrogen-bond donors (Lipinski definition) is 2. The van der Waals surface area contributed by atoms with Crippen molar-refractivity contribution in [2.24, 2.45) is 11.8 Å². The molecule has 0 saturated carbocycles. The highest BCUT2D eigenvalue weighted by Gasteiger charge is 2.49. The van der Waals surface area contributed by atoms with Crippen LogP contribution in [0.1, 0.15) is 66.2 Å². The molecule has 0 aromatic heterocycles. The second kappa shape index (κ2) is 7.46. The molecule has 0 aromatic carbocycles. The van der Waals surface area contributed by atoms with Gasteiger partial charge in [-0.05, 0) is 50.1 Å². The van der Waals surface area contributed by atoms with E-state index in [2.05, 4.69) is 31.7 Å². The smallest absolute Gasteiger partial charge is 0.107 e. The minimum absolute atomic E-state index is 0.125. The summed E-state index contributed by atoms with van der Waals surface area (Å²) < 4.78 is 0. The molecule has 0 bridgehead atoms. The maximum atomic E-state index is 10.8. The molecule has 22 heavy (non-hydrogen) atoms. The van der Waals surface area contributed by atoms with Crippen LogP contribution >= 0.6 is 0 Å². The largest absolute Gasteiger partial charge is 0.386 e. The molecule has 2 aliphatic heterocycles. The Labute approximate surface area is 136 Å². The van der Waals surface area contributed by atoms with Crippen LogP contribution in [0, 0.1) is 11.8 Å². The minimum Gasteiger partial charge on any atom is -0.386 e. The molecule has 0 amide bonds. The summed E-state index contributed by atoms with van der Waals surface area (Å²) in [5, 5.41) is 21.4. The molecule has 2 rings (SSSR count). The summed E-state index contributed by atoms with van der Waals surface area (Å²) in [5.74, 6) is 1.26. The molecule has 2 N–H and O–H groups in total. The van der Waals surface area contributed by atoms with Gasteiger partial charge in [0.25, 0.3) is 0 Å². The number of piperidine rings is 1. The first kappa shape index (κ1) is 18.0. The number of rotatable bonds is 6. The Morgan fingerprint density at radius 3 is 2.73 bits per heavy atom. The van der Waals surface area contributed by atoms with Crippen LogP contribution in [-0.2, 0) is 0 Å². The van der Waals surface area contributed by atoms with Crippen molar-refractivity contribution in [3.05, 3.63) is 11.6 Å². The van der Waals surface area contributed by atoms with Crippen LogP contribution in [0.3, 0.4) is 0 Å². The predicted octanol–water partition coefficient (Wildman–Crippen LogP) is 3.36. The zero-order valence-electron chi connectivity index (χ0n) is 14.9. The van der Waals surface area contributed by atoms with E-state index in [1.807, 2.05) is 6.92 Å². The lowest BCUT2D eigenvalue weighted by molar-refractivity contribution is -0.110. The first-order chi connectivity index (χ1) is 10.4. The van der Waals surface area contributed by atoms with Gasteiger partial charge in [-0.2, -0.15) is 0 Å². The van der Waals surface area contributed by atoms with Gasteiger partial charge in [-0.15, -0.1) is 0 Å². The topological polar surface area (TPSA) is 43.7 Å². The third kappa shape index (κ3) is 3.93. The van der Waals surface area contributed by atoms with E-state index >= 15 is 0 Å². The van der Waals surface area contributed by atoms with Gasteiger partial charge in [-0.1, -0.05) is 46.1 Å². The summed E-state index contributed by atoms with van der Waals surface area (Å²) >= 11 is 0. The lowest BCUT2D eigenvalue weighted by Crippen LogP contribution is -2.61. The SMILES string of the molecule is CCCC(C)CCC(C)/C=C1\CN2CCCC2C(C)(O)C1O. The lowest BCUT2D eigenvalue weighted by atomic mass is 9.79. The Balaban J connectivity index is 1.98. The van der Waals surface area contributed by atoms with Crippen molar-refractivity contribution in [2.45, 2.75) is 84.0 Å². The molecule has 0 aliphatic carbocycles. The van der Waals surface area contributed by atoms with Gasteiger partial charge in [-0.25, -0.2) is 0 Å². The van der Waals surface area contributed by atoms with Crippen molar-refractivity contribution in [2.75, 3.05) is 13.1 Å². The third-order valence-corrected chi connectivity index (χ3v) is 5.72. The first-order valence-electron chi connectivity index (χ1n) is 9.21. The van der Waals surface area contributed by atoms with Crippen molar-refractivity contribution in [1.29, 1.82) is 0 Å². The molecule has 0 radical (unpaired) electrons. The zero-order valence-corrected chi connectivity index (χ0v) is 14.9. The normalized spacial score (nSPS) is 37.3. The Bertz CT molecular complexity index is 391. The molecule has 3 nitrogen and oxygen atoms in total. The minimum atomic E-state index is -1.00. The highest BCUT2D eigenvalue weighted by atomic mass is 16.3. The highest BCUT2D eigenvalue weighted by Crippen LogP contribution is 2.37. The van der Waals surface area contributed by atoms with E-state index in [9.17, 15) is 10.2 Å². The number of aliphatic hydroxyl groups is 2. The monoisotopic (exact) mass is 309 g/mol. The van der Waals surface area contributed by atoms with Crippen LogP contribution < -0.4 is 0 Å². The van der Waals surface area contributed by atoms with Crippen molar-refractivity contribution in [3.8, 4) is 0 Å². The summed E-state index contributed by atoms with van der Waals surface area (Å²) in [6.45, 7) is 10.5. The second-order valence-electron chi connectivity index (χ2n) is 7.95. The molecule has 0 aromatic rings. The van der Waals surface area contributed by atoms with E-state index < -0.39 is 11.7 Å². The number of nitrogens with zero attached hydrogens (tertiary/aromatic N) is 1. The number of hydrogen-bond acceptors (Lipinski definition) is 3. The fourth-order valence-electron chi connectivity index (χ4n) is 4.33. The van der Waals surface area contributed by atoms with Gasteiger partial charge in [0.2, 0.25) is 0 Å². The van der Waals surface area contributed by atoms with E-state index in [0.717, 1.165) is 37.4 Å². The van der Waals surface area contributed by atoms with E-state index in [1.54, 1.807) is 0 Å². The maximum Gasteiger partial charge on any atom is 0.107 e. The molecule has 2 heterocycles. The predicted molar refractivity (Wildman–Crippen MR) is 91.8 cm³/mol. The third-order valence-electron chi connectivity index (χ3n) is 5.72. The Morgan fingerprint density at radius 1 is 1.32 bits per heavy atom. The Hall–Kier alpha value is -0.380. The molecule has 2 saturated heterocycles. The van der Waals surface area contributed by atoms with Crippen LogP contribution in [0.15, 0.2) is 11.6 Å². The second-order valence-corrected chi connectivity index (χ2v) is 7.95. The van der Waals surface area contributed by atoms with Crippen LogP contribution in [0.4, 0.5) is 0 Å². The molecule has 5 atom stereocenters. The van der Waals surface area contributed by atoms with Gasteiger partial charge in [0.15, 0.2) is 0 Å². The molecule has 2 fully saturated rings. The quantitative estimate of drug-likeness (QED) is 0.740. The maximum absolute atomic E-state index is 10.8. The van der Waals surface area contributed by atoms with E-state index in [1.165, 1.54) is 25.7 Å². The molecule has 3 heteroatoms. The van der Waals surface area contributed by atoms with Crippen molar-refractivity contribution in [3.63, 3.8) is 0 Å². The van der Waals surface area contributed by atoms with Gasteiger partial charge in [0, 0.05) is 12.6 Å². The lowest BCUT2D eigenvalue weighted by Gasteiger charge is -2.46. The van der Waals surface area contributed by atoms with Gasteiger partial charge in [0.1, 0.15) is 11.7 Å². The summed E-state index contributed by atoms with van der Waals surface area (Å²) in [6.07, 6.45) is 8.63. The van der Waals surface area contributed by atoms with Crippen LogP contribution in [0.25, 0.3) is 0 Å². The van der Waals surface area contributed by atoms with E-state index in [4.69, 9.17) is 0 Å². The summed E-state index contributed by atoms with van der Waals surface area (Å²) in [7, 11) is 0. The standard InChI is InChI=1S/C19H35NO2/c1-5-7-14(2)9-10-15(3)12-16-13-20-11-6-8-17(20)19(4,22)18(16)21/h12,14-15,17-18,21-22H,5-11,13H2,1-4H3/b16-12+. The van der Waals surface area contributed by atoms with E-state index in [0.29, 0.717) is 5.92 Å². The fraction of sp³-hybridized carbons (Fsp3) is 0.895. The van der Waals surface area contributed by atoms with Gasteiger partial charge in [-0.3, -0.25) is 4.90 Å². The van der Waals surface area contributed by atoms with Crippen molar-refractivity contribution < 1.29 is 10.2 Å². The fourth-order valence-corrected chi connectivity index (χ4v) is 4.33. The number of allylic oxidation sites excluding steroid dienone is 1. The molecule has 128 valence electrons. The molecule has 2 aliphatic rings. The van der Waals surface area contributed by atoms with Crippen molar-refractivity contribution in [1.82, 2.24) is 4.90 Å². The Morgan fingerprint density at radius 2 is 2.05 bits per heavy atom. The molecule has 5 unspecified atom stereocenters. The molecule has 0 spiro atoms. The average molecular weight is 309 g/mol. The molecular weight excluding hydrogens is 274 g/mol. The van der Waals surface area contributed by atoms with Gasteiger partial charge < -0.3 is 10.2 Å². The molecular formula is C19H35NO2. The number of aliphatic hydroxyl groups excluding tert-OH is 1. The number of fused-ring (bicyclic) bond motifs is 1. The summed E-state index contributed by atoms with van der Waals surface area (Å²) in [6, 6.07) is 0.125. The zero-order chi connectivity index (χ0) is 16.3. The summed E-state index contributed by atoms with van der Waals surface area (Å²) in [5.41, 5.74) is 0.0225.